The first-order valence-corrected chi connectivity index (χ1v) is 8.66. The van der Waals surface area contributed by atoms with E-state index in [1.165, 1.54) is 0 Å². The number of rotatable bonds is 11. The van der Waals surface area contributed by atoms with Gasteiger partial charge in [-0.1, -0.05) is 44.9 Å². The zero-order chi connectivity index (χ0) is 16.9. The lowest BCUT2D eigenvalue weighted by molar-refractivity contribution is -0.145. The molecule has 128 valence electrons. The molecule has 1 N–H and O–H groups in total. The van der Waals surface area contributed by atoms with Crippen LogP contribution < -0.4 is 5.32 Å². The summed E-state index contributed by atoms with van der Waals surface area (Å²) in [4.78, 5) is 23.6. The van der Waals surface area contributed by atoms with Crippen molar-refractivity contribution in [3.05, 3.63) is 35.9 Å². The Hall–Kier alpha value is -1.84. The molecular formula is C19H29NO3. The van der Waals surface area contributed by atoms with E-state index in [2.05, 4.69) is 19.2 Å². The van der Waals surface area contributed by atoms with Crippen LogP contribution in [0.2, 0.25) is 0 Å². The molecule has 4 nitrogen and oxygen atoms in total. The second-order valence-corrected chi connectivity index (χ2v) is 5.85. The molecule has 1 aromatic carbocycles. The van der Waals surface area contributed by atoms with Crippen molar-refractivity contribution in [3.63, 3.8) is 0 Å². The van der Waals surface area contributed by atoms with E-state index in [0.29, 0.717) is 37.5 Å². The summed E-state index contributed by atoms with van der Waals surface area (Å²) in [7, 11) is 0. The summed E-state index contributed by atoms with van der Waals surface area (Å²) in [6.45, 7) is 5.31. The average molecular weight is 319 g/mol. The first-order valence-electron chi connectivity index (χ1n) is 8.66. The first kappa shape index (κ1) is 19.2. The predicted octanol–water partition coefficient (Wildman–Crippen LogP) is 3.96. The molecule has 1 rings (SSSR count). The Morgan fingerprint density at radius 3 is 2.35 bits per heavy atom. The van der Waals surface area contributed by atoms with Crippen molar-refractivity contribution in [1.29, 1.82) is 0 Å². The number of hydrogen-bond donors (Lipinski definition) is 1. The average Bonchev–Trinajstić information content (AvgIpc) is 2.57. The van der Waals surface area contributed by atoms with Crippen LogP contribution in [0.1, 0.15) is 62.7 Å². The molecule has 1 aromatic rings. The number of carbonyl (C=O) groups is 2. The third-order valence-electron chi connectivity index (χ3n) is 3.75. The van der Waals surface area contributed by atoms with Crippen molar-refractivity contribution in [2.75, 3.05) is 13.2 Å². The highest BCUT2D eigenvalue weighted by molar-refractivity contribution is 5.94. The van der Waals surface area contributed by atoms with E-state index < -0.39 is 0 Å². The molecule has 23 heavy (non-hydrogen) atoms. The smallest absolute Gasteiger partial charge is 0.305 e. The lowest BCUT2D eigenvalue weighted by atomic mass is 9.99. The summed E-state index contributed by atoms with van der Waals surface area (Å²) in [6, 6.07) is 9.07. The van der Waals surface area contributed by atoms with Gasteiger partial charge in [0.05, 0.1) is 6.61 Å². The molecule has 0 atom stereocenters. The Bertz CT molecular complexity index is 453. The van der Waals surface area contributed by atoms with E-state index in [1.54, 1.807) is 12.1 Å². The zero-order valence-electron chi connectivity index (χ0n) is 14.3. The summed E-state index contributed by atoms with van der Waals surface area (Å²) >= 11 is 0. The molecule has 0 aromatic heterocycles. The monoisotopic (exact) mass is 319 g/mol. The number of hydrogen-bond acceptors (Lipinski definition) is 3. The molecular weight excluding hydrogens is 290 g/mol. The Kier molecular flexibility index (Phi) is 9.76. The van der Waals surface area contributed by atoms with Crippen molar-refractivity contribution in [1.82, 2.24) is 5.32 Å². The number of amides is 1. The van der Waals surface area contributed by atoms with Gasteiger partial charge in [-0.15, -0.1) is 0 Å². The standard InChI is InChI=1S/C19H29NO3/c1-3-9-16(10-4-2)15-23-18(21)13-8-14-20-19(22)17-11-6-5-7-12-17/h5-7,11-12,16H,3-4,8-10,13-15H2,1-2H3,(H,20,22). The number of esters is 1. The lowest BCUT2D eigenvalue weighted by Gasteiger charge is -2.15. The Balaban J connectivity index is 2.15. The quantitative estimate of drug-likeness (QED) is 0.496. The van der Waals surface area contributed by atoms with Crippen LogP contribution in [0.15, 0.2) is 30.3 Å². The van der Waals surface area contributed by atoms with Gasteiger partial charge >= 0.3 is 5.97 Å². The van der Waals surface area contributed by atoms with Crippen LogP contribution in [0.25, 0.3) is 0 Å². The summed E-state index contributed by atoms with van der Waals surface area (Å²) in [6.07, 6.45) is 5.40. The summed E-state index contributed by atoms with van der Waals surface area (Å²) in [5, 5.41) is 2.81. The summed E-state index contributed by atoms with van der Waals surface area (Å²) in [5.41, 5.74) is 0.636. The number of ether oxygens (including phenoxy) is 1. The molecule has 0 saturated heterocycles. The molecule has 0 aliphatic carbocycles. The highest BCUT2D eigenvalue weighted by Crippen LogP contribution is 2.14. The van der Waals surface area contributed by atoms with Gasteiger partial charge in [0.25, 0.3) is 5.91 Å². The molecule has 0 bridgehead atoms. The van der Waals surface area contributed by atoms with Gasteiger partial charge in [-0.2, -0.15) is 0 Å². The van der Waals surface area contributed by atoms with Crippen LogP contribution in [-0.2, 0) is 9.53 Å². The molecule has 1 amide bonds. The third kappa shape index (κ3) is 8.38. The van der Waals surface area contributed by atoms with Crippen LogP contribution >= 0.6 is 0 Å². The molecule has 4 heteroatoms. The van der Waals surface area contributed by atoms with E-state index in [4.69, 9.17) is 4.74 Å². The van der Waals surface area contributed by atoms with Gasteiger partial charge in [-0.05, 0) is 37.3 Å². The van der Waals surface area contributed by atoms with Gasteiger partial charge in [0, 0.05) is 18.5 Å². The van der Waals surface area contributed by atoms with E-state index in [-0.39, 0.29) is 11.9 Å². The number of carbonyl (C=O) groups excluding carboxylic acids is 2. The first-order chi connectivity index (χ1) is 11.2. The SMILES string of the molecule is CCCC(CCC)COC(=O)CCCNC(=O)c1ccccc1. The zero-order valence-corrected chi connectivity index (χ0v) is 14.3. The van der Waals surface area contributed by atoms with Gasteiger partial charge in [0.1, 0.15) is 0 Å². The Labute approximate surface area is 139 Å². The van der Waals surface area contributed by atoms with Crippen molar-refractivity contribution >= 4 is 11.9 Å². The minimum Gasteiger partial charge on any atom is -0.465 e. The topological polar surface area (TPSA) is 55.4 Å². The molecule has 0 fully saturated rings. The van der Waals surface area contributed by atoms with Crippen molar-refractivity contribution in [3.8, 4) is 0 Å². The van der Waals surface area contributed by atoms with Crippen LogP contribution in [-0.4, -0.2) is 25.0 Å². The number of nitrogens with one attached hydrogen (secondary N) is 1. The largest absolute Gasteiger partial charge is 0.465 e. The highest BCUT2D eigenvalue weighted by atomic mass is 16.5. The van der Waals surface area contributed by atoms with E-state index >= 15 is 0 Å². The summed E-state index contributed by atoms with van der Waals surface area (Å²) < 4.78 is 5.35. The Morgan fingerprint density at radius 2 is 1.74 bits per heavy atom. The fourth-order valence-corrected chi connectivity index (χ4v) is 2.54. The molecule has 0 unspecified atom stereocenters. The molecule has 0 spiro atoms. The summed E-state index contributed by atoms with van der Waals surface area (Å²) in [5.74, 6) is 0.202. The predicted molar refractivity (Wildman–Crippen MR) is 92.3 cm³/mol. The van der Waals surface area contributed by atoms with Crippen LogP contribution in [0.5, 0.6) is 0 Å². The minimum atomic E-state index is -0.170. The fraction of sp³-hybridized carbons (Fsp3) is 0.579. The highest BCUT2D eigenvalue weighted by Gasteiger charge is 2.11. The molecule has 0 aliphatic heterocycles. The maximum absolute atomic E-state index is 11.8. The van der Waals surface area contributed by atoms with Gasteiger partial charge in [-0.25, -0.2) is 0 Å². The van der Waals surface area contributed by atoms with Crippen LogP contribution in [0.4, 0.5) is 0 Å². The van der Waals surface area contributed by atoms with Crippen molar-refractivity contribution < 1.29 is 14.3 Å². The molecule has 0 aliphatic rings. The maximum Gasteiger partial charge on any atom is 0.305 e. The van der Waals surface area contributed by atoms with Gasteiger partial charge in [-0.3, -0.25) is 9.59 Å². The van der Waals surface area contributed by atoms with Gasteiger partial charge in [0.2, 0.25) is 0 Å². The van der Waals surface area contributed by atoms with Gasteiger partial charge < -0.3 is 10.1 Å². The third-order valence-corrected chi connectivity index (χ3v) is 3.75. The molecule has 0 radical (unpaired) electrons. The normalized spacial score (nSPS) is 10.6. The van der Waals surface area contributed by atoms with E-state index in [0.717, 1.165) is 25.7 Å². The molecule has 0 heterocycles. The van der Waals surface area contributed by atoms with Crippen molar-refractivity contribution in [2.24, 2.45) is 5.92 Å². The fourth-order valence-electron chi connectivity index (χ4n) is 2.54. The molecule has 0 saturated carbocycles. The number of benzene rings is 1. The second kappa shape index (κ2) is 11.7. The Morgan fingerprint density at radius 1 is 1.09 bits per heavy atom. The van der Waals surface area contributed by atoms with Crippen LogP contribution in [0.3, 0.4) is 0 Å². The maximum atomic E-state index is 11.8. The lowest BCUT2D eigenvalue weighted by Crippen LogP contribution is -2.25. The van der Waals surface area contributed by atoms with E-state index in [1.807, 2.05) is 18.2 Å². The minimum absolute atomic E-state index is 0.107. The van der Waals surface area contributed by atoms with Gasteiger partial charge in [0.15, 0.2) is 0 Å². The van der Waals surface area contributed by atoms with Crippen molar-refractivity contribution in [2.45, 2.75) is 52.4 Å². The van der Waals surface area contributed by atoms with E-state index in [9.17, 15) is 9.59 Å². The van der Waals surface area contributed by atoms with Crippen LogP contribution in [0, 0.1) is 5.92 Å². The second-order valence-electron chi connectivity index (χ2n) is 5.85.